The number of hydrogen-bond donors (Lipinski definition) is 1. The number of halogens is 1. The van der Waals surface area contributed by atoms with Crippen LogP contribution in [0.5, 0.6) is 5.75 Å². The second kappa shape index (κ2) is 8.49. The van der Waals surface area contributed by atoms with Gasteiger partial charge in [0.05, 0.1) is 12.1 Å². The number of hydrogen-bond acceptors (Lipinski definition) is 2. The van der Waals surface area contributed by atoms with Crippen LogP contribution < -0.4 is 10.1 Å². The number of carbonyl (C=O) groups excluding carboxylic acids is 1. The number of nitrogens with one attached hydrogen (secondary N) is 1. The van der Waals surface area contributed by atoms with Crippen LogP contribution in [-0.4, -0.2) is 23.6 Å². The number of fused-ring (bicyclic) bond motifs is 1. The zero-order valence-corrected chi connectivity index (χ0v) is 16.7. The van der Waals surface area contributed by atoms with Crippen molar-refractivity contribution in [1.29, 1.82) is 0 Å². The van der Waals surface area contributed by atoms with Gasteiger partial charge in [0.1, 0.15) is 11.4 Å². The Hall–Kier alpha value is -2.46. The highest BCUT2D eigenvalue weighted by Gasteiger charge is 2.18. The van der Waals surface area contributed by atoms with Gasteiger partial charge in [-0.15, -0.1) is 0 Å². The molecule has 0 saturated heterocycles. The maximum Gasteiger partial charge on any atom is 0.267 e. The smallest absolute Gasteiger partial charge is 0.267 e. The minimum absolute atomic E-state index is 0.0793. The van der Waals surface area contributed by atoms with Gasteiger partial charge in [-0.1, -0.05) is 43.6 Å². The van der Waals surface area contributed by atoms with Gasteiger partial charge in [-0.25, -0.2) is 0 Å². The van der Waals surface area contributed by atoms with Gasteiger partial charge in [0.15, 0.2) is 0 Å². The standard InChI is InChI=1S/C22H25ClN2O2/c1-4-27-21-10-6-9-19-18(21)12-20(22(26)24-13-15(2)3)25(19)14-16-7-5-8-17(23)11-16/h5-12,15H,4,13-14H2,1-3H3,(H,24,26). The molecule has 0 spiro atoms. The number of aromatic nitrogens is 1. The van der Waals surface area contributed by atoms with E-state index in [-0.39, 0.29) is 5.91 Å². The number of benzene rings is 2. The average Bonchev–Trinajstić information content (AvgIpc) is 3.00. The zero-order valence-electron chi connectivity index (χ0n) is 16.0. The molecule has 5 heteroatoms. The first-order valence-corrected chi connectivity index (χ1v) is 9.65. The molecule has 0 saturated carbocycles. The van der Waals surface area contributed by atoms with Gasteiger partial charge in [-0.3, -0.25) is 4.79 Å². The van der Waals surface area contributed by atoms with Crippen molar-refractivity contribution in [2.75, 3.05) is 13.2 Å². The molecule has 27 heavy (non-hydrogen) atoms. The number of carbonyl (C=O) groups is 1. The molecule has 1 amide bonds. The molecule has 3 rings (SSSR count). The van der Waals surface area contributed by atoms with Gasteiger partial charge in [0.2, 0.25) is 0 Å². The summed E-state index contributed by atoms with van der Waals surface area (Å²) < 4.78 is 7.80. The summed E-state index contributed by atoms with van der Waals surface area (Å²) in [5.74, 6) is 1.10. The van der Waals surface area contributed by atoms with Gasteiger partial charge < -0.3 is 14.6 Å². The van der Waals surface area contributed by atoms with E-state index in [0.29, 0.717) is 36.3 Å². The molecule has 0 atom stereocenters. The number of amides is 1. The van der Waals surface area contributed by atoms with Crippen LogP contribution >= 0.6 is 11.6 Å². The van der Waals surface area contributed by atoms with E-state index in [9.17, 15) is 4.79 Å². The molecule has 0 radical (unpaired) electrons. The van der Waals surface area contributed by atoms with Gasteiger partial charge in [0, 0.05) is 23.5 Å². The molecule has 0 fully saturated rings. The summed E-state index contributed by atoms with van der Waals surface area (Å²) in [6.07, 6.45) is 0. The third kappa shape index (κ3) is 4.45. The predicted molar refractivity (Wildman–Crippen MR) is 111 cm³/mol. The molecule has 1 aromatic heterocycles. The normalized spacial score (nSPS) is 11.1. The Labute approximate surface area is 165 Å². The maximum absolute atomic E-state index is 12.9. The fourth-order valence-electron chi connectivity index (χ4n) is 3.10. The van der Waals surface area contributed by atoms with Crippen LogP contribution in [-0.2, 0) is 6.54 Å². The van der Waals surface area contributed by atoms with Crippen LogP contribution in [0.3, 0.4) is 0 Å². The van der Waals surface area contributed by atoms with Gasteiger partial charge in [-0.05, 0) is 48.7 Å². The molecule has 1 N–H and O–H groups in total. The summed E-state index contributed by atoms with van der Waals surface area (Å²) in [5, 5.41) is 4.65. The topological polar surface area (TPSA) is 43.3 Å². The van der Waals surface area contributed by atoms with Gasteiger partial charge in [0.25, 0.3) is 5.91 Å². The lowest BCUT2D eigenvalue weighted by molar-refractivity contribution is 0.0940. The average molecular weight is 385 g/mol. The maximum atomic E-state index is 12.9. The van der Waals surface area contributed by atoms with Crippen LogP contribution in [0.4, 0.5) is 0 Å². The summed E-state index contributed by atoms with van der Waals surface area (Å²) in [6, 6.07) is 15.5. The lowest BCUT2D eigenvalue weighted by Crippen LogP contribution is -2.29. The molecule has 3 aromatic rings. The van der Waals surface area contributed by atoms with Crippen molar-refractivity contribution in [2.45, 2.75) is 27.3 Å². The summed E-state index contributed by atoms with van der Waals surface area (Å²) in [4.78, 5) is 12.9. The van der Waals surface area contributed by atoms with Crippen LogP contribution in [0.1, 0.15) is 36.8 Å². The van der Waals surface area contributed by atoms with Crippen LogP contribution in [0.15, 0.2) is 48.5 Å². The van der Waals surface area contributed by atoms with E-state index < -0.39 is 0 Å². The van der Waals surface area contributed by atoms with E-state index in [0.717, 1.165) is 22.2 Å². The van der Waals surface area contributed by atoms with Crippen molar-refractivity contribution in [1.82, 2.24) is 9.88 Å². The molecular formula is C22H25ClN2O2. The Morgan fingerprint density at radius 3 is 2.67 bits per heavy atom. The van der Waals surface area contributed by atoms with Crippen molar-refractivity contribution in [3.05, 3.63) is 64.8 Å². The quantitative estimate of drug-likeness (QED) is 0.613. The Morgan fingerprint density at radius 2 is 1.96 bits per heavy atom. The van der Waals surface area contributed by atoms with Crippen molar-refractivity contribution in [3.8, 4) is 5.75 Å². The summed E-state index contributed by atoms with van der Waals surface area (Å²) in [5.41, 5.74) is 2.63. The highest BCUT2D eigenvalue weighted by atomic mass is 35.5. The Kier molecular flexibility index (Phi) is 6.07. The first kappa shape index (κ1) is 19.3. The fourth-order valence-corrected chi connectivity index (χ4v) is 3.32. The van der Waals surface area contributed by atoms with Crippen molar-refractivity contribution in [2.24, 2.45) is 5.92 Å². The van der Waals surface area contributed by atoms with Crippen molar-refractivity contribution >= 4 is 28.4 Å². The molecule has 2 aromatic carbocycles. The van der Waals surface area contributed by atoms with E-state index in [1.165, 1.54) is 0 Å². The molecule has 0 aliphatic carbocycles. The monoisotopic (exact) mass is 384 g/mol. The van der Waals surface area contributed by atoms with Gasteiger partial charge in [-0.2, -0.15) is 0 Å². The van der Waals surface area contributed by atoms with E-state index >= 15 is 0 Å². The van der Waals surface area contributed by atoms with Gasteiger partial charge >= 0.3 is 0 Å². The van der Waals surface area contributed by atoms with Crippen LogP contribution in [0.25, 0.3) is 10.9 Å². The van der Waals surface area contributed by atoms with E-state index in [2.05, 4.69) is 19.2 Å². The Balaban J connectivity index is 2.08. The third-order valence-electron chi connectivity index (χ3n) is 4.34. The minimum atomic E-state index is -0.0793. The molecule has 0 aliphatic rings. The first-order chi connectivity index (χ1) is 13.0. The number of nitrogens with zero attached hydrogens (tertiary/aromatic N) is 1. The highest BCUT2D eigenvalue weighted by Crippen LogP contribution is 2.30. The van der Waals surface area contributed by atoms with E-state index in [1.54, 1.807) is 0 Å². The number of ether oxygens (including phenoxy) is 1. The lowest BCUT2D eigenvalue weighted by Gasteiger charge is -2.13. The first-order valence-electron chi connectivity index (χ1n) is 9.27. The predicted octanol–water partition coefficient (Wildman–Crippen LogP) is 5.13. The highest BCUT2D eigenvalue weighted by molar-refractivity contribution is 6.30. The third-order valence-corrected chi connectivity index (χ3v) is 4.57. The van der Waals surface area contributed by atoms with E-state index in [1.807, 2.05) is 60.0 Å². The largest absolute Gasteiger partial charge is 0.493 e. The summed E-state index contributed by atoms with van der Waals surface area (Å²) >= 11 is 6.15. The van der Waals surface area contributed by atoms with Crippen LogP contribution in [0, 0.1) is 5.92 Å². The van der Waals surface area contributed by atoms with Crippen LogP contribution in [0.2, 0.25) is 5.02 Å². The Bertz CT molecular complexity index is 947. The van der Waals surface area contributed by atoms with Crippen molar-refractivity contribution in [3.63, 3.8) is 0 Å². The molecular weight excluding hydrogens is 360 g/mol. The SMILES string of the molecule is CCOc1cccc2c1cc(C(=O)NCC(C)C)n2Cc1cccc(Cl)c1. The minimum Gasteiger partial charge on any atom is -0.493 e. The summed E-state index contributed by atoms with van der Waals surface area (Å²) in [7, 11) is 0. The Morgan fingerprint density at radius 1 is 1.19 bits per heavy atom. The number of rotatable bonds is 7. The molecule has 0 bridgehead atoms. The molecule has 4 nitrogen and oxygen atoms in total. The second-order valence-electron chi connectivity index (χ2n) is 6.97. The summed E-state index contributed by atoms with van der Waals surface area (Å²) in [6.45, 7) is 7.88. The fraction of sp³-hybridized carbons (Fsp3) is 0.318. The van der Waals surface area contributed by atoms with E-state index in [4.69, 9.17) is 16.3 Å². The zero-order chi connectivity index (χ0) is 19.4. The molecule has 0 unspecified atom stereocenters. The molecule has 0 aliphatic heterocycles. The second-order valence-corrected chi connectivity index (χ2v) is 7.41. The molecule has 1 heterocycles. The lowest BCUT2D eigenvalue weighted by atomic mass is 10.2. The van der Waals surface area contributed by atoms with Crippen molar-refractivity contribution < 1.29 is 9.53 Å². The molecule has 142 valence electrons.